The van der Waals surface area contributed by atoms with E-state index in [0.29, 0.717) is 0 Å². The Hall–Kier alpha value is -0.830. The summed E-state index contributed by atoms with van der Waals surface area (Å²) in [6, 6.07) is 2.39. The molecule has 102 valence electrons. The first-order valence-corrected chi connectivity index (χ1v) is 7.44. The van der Waals surface area contributed by atoms with Gasteiger partial charge in [-0.2, -0.15) is 5.10 Å². The van der Waals surface area contributed by atoms with Gasteiger partial charge in [0, 0.05) is 5.69 Å². The molecule has 0 spiro atoms. The van der Waals surface area contributed by atoms with E-state index in [1.54, 1.807) is 0 Å². The van der Waals surface area contributed by atoms with Crippen molar-refractivity contribution in [1.29, 1.82) is 0 Å². The number of hydrogen-bond acceptors (Lipinski definition) is 2. The zero-order valence-electron chi connectivity index (χ0n) is 11.9. The second kappa shape index (κ2) is 5.87. The number of hydrogen-bond donors (Lipinski definition) is 1. The van der Waals surface area contributed by atoms with E-state index in [2.05, 4.69) is 31.5 Å². The summed E-state index contributed by atoms with van der Waals surface area (Å²) in [6.07, 6.45) is 6.13. The maximum absolute atomic E-state index is 10.3. The van der Waals surface area contributed by atoms with Crippen LogP contribution in [0.4, 0.5) is 0 Å². The van der Waals surface area contributed by atoms with E-state index in [4.69, 9.17) is 5.10 Å². The Balaban J connectivity index is 2.24. The largest absolute Gasteiger partial charge is 0.391 e. The van der Waals surface area contributed by atoms with Crippen LogP contribution >= 0.6 is 0 Å². The van der Waals surface area contributed by atoms with E-state index < -0.39 is 0 Å². The van der Waals surface area contributed by atoms with Crippen molar-refractivity contribution >= 4 is 0 Å². The van der Waals surface area contributed by atoms with Gasteiger partial charge in [-0.15, -0.1) is 0 Å². The minimum atomic E-state index is -0.220. The van der Waals surface area contributed by atoms with Crippen LogP contribution in [0.1, 0.15) is 63.9 Å². The predicted molar refractivity (Wildman–Crippen MR) is 73.7 cm³/mol. The molecule has 0 aromatic carbocycles. The van der Waals surface area contributed by atoms with Crippen molar-refractivity contribution in [2.24, 2.45) is 5.92 Å². The molecule has 2 rings (SSSR count). The second-order valence-corrected chi connectivity index (χ2v) is 5.50. The number of aliphatic hydroxyl groups is 1. The lowest BCUT2D eigenvalue weighted by Gasteiger charge is -2.34. The smallest absolute Gasteiger partial charge is 0.0784 e. The van der Waals surface area contributed by atoms with Gasteiger partial charge < -0.3 is 5.11 Å². The fraction of sp³-hybridized carbons (Fsp3) is 0.800. The second-order valence-electron chi connectivity index (χ2n) is 5.50. The molecule has 0 saturated heterocycles. The molecule has 0 aliphatic heterocycles. The third kappa shape index (κ3) is 2.61. The molecule has 1 fully saturated rings. The molecule has 1 aromatic rings. The predicted octanol–water partition coefficient (Wildman–Crippen LogP) is 3.12. The molecule has 0 bridgehead atoms. The summed E-state index contributed by atoms with van der Waals surface area (Å²) in [6.45, 7) is 6.55. The monoisotopic (exact) mass is 250 g/mol. The lowest BCUT2D eigenvalue weighted by atomic mass is 9.82. The van der Waals surface area contributed by atoms with Crippen molar-refractivity contribution in [3.8, 4) is 0 Å². The van der Waals surface area contributed by atoms with Crippen molar-refractivity contribution in [2.45, 2.75) is 71.4 Å². The summed E-state index contributed by atoms with van der Waals surface area (Å²) in [5.74, 6) is 0.748. The van der Waals surface area contributed by atoms with Crippen LogP contribution in [0, 0.1) is 5.92 Å². The fourth-order valence-corrected chi connectivity index (χ4v) is 3.06. The van der Waals surface area contributed by atoms with Gasteiger partial charge in [-0.3, -0.25) is 4.68 Å². The molecule has 0 radical (unpaired) electrons. The van der Waals surface area contributed by atoms with Gasteiger partial charge in [-0.25, -0.2) is 0 Å². The standard InChI is InChI=1S/C15H26N2O/c1-4-11-7-8-15(18)14(9-11)17-13(6-3)10-12(5-2)16-17/h10-11,14-15,18H,4-9H2,1-3H3. The van der Waals surface area contributed by atoms with Gasteiger partial charge in [0.25, 0.3) is 0 Å². The molecule has 1 aliphatic rings. The molecule has 1 heterocycles. The van der Waals surface area contributed by atoms with Crippen molar-refractivity contribution < 1.29 is 5.11 Å². The lowest BCUT2D eigenvalue weighted by molar-refractivity contribution is 0.0461. The van der Waals surface area contributed by atoms with Gasteiger partial charge >= 0.3 is 0 Å². The van der Waals surface area contributed by atoms with Crippen LogP contribution < -0.4 is 0 Å². The molecule has 1 aliphatic carbocycles. The number of aryl methyl sites for hydroxylation is 2. The molecule has 1 aromatic heterocycles. The first kappa shape index (κ1) is 13.6. The van der Waals surface area contributed by atoms with Crippen LogP contribution in [-0.2, 0) is 12.8 Å². The Labute approximate surface area is 110 Å². The van der Waals surface area contributed by atoms with Crippen LogP contribution in [0.3, 0.4) is 0 Å². The summed E-state index contributed by atoms with van der Waals surface area (Å²) < 4.78 is 2.12. The van der Waals surface area contributed by atoms with Crippen molar-refractivity contribution in [3.05, 3.63) is 17.5 Å². The molecule has 1 N–H and O–H groups in total. The highest BCUT2D eigenvalue weighted by Gasteiger charge is 2.31. The van der Waals surface area contributed by atoms with Gasteiger partial charge in [0.1, 0.15) is 0 Å². The Morgan fingerprint density at radius 2 is 2.06 bits per heavy atom. The van der Waals surface area contributed by atoms with Gasteiger partial charge in [0.15, 0.2) is 0 Å². The molecular formula is C15H26N2O. The Kier molecular flexibility index (Phi) is 4.44. The Morgan fingerprint density at radius 3 is 2.67 bits per heavy atom. The fourth-order valence-electron chi connectivity index (χ4n) is 3.06. The quantitative estimate of drug-likeness (QED) is 0.891. The van der Waals surface area contributed by atoms with Gasteiger partial charge in [-0.1, -0.05) is 27.2 Å². The average molecular weight is 250 g/mol. The van der Waals surface area contributed by atoms with Crippen molar-refractivity contribution in [3.63, 3.8) is 0 Å². The van der Waals surface area contributed by atoms with Crippen LogP contribution in [0.2, 0.25) is 0 Å². The summed E-state index contributed by atoms with van der Waals surface area (Å²) >= 11 is 0. The summed E-state index contributed by atoms with van der Waals surface area (Å²) in [7, 11) is 0. The molecule has 3 heteroatoms. The van der Waals surface area contributed by atoms with Gasteiger partial charge in [0.2, 0.25) is 0 Å². The van der Waals surface area contributed by atoms with E-state index in [0.717, 1.165) is 43.7 Å². The maximum atomic E-state index is 10.3. The third-order valence-corrected chi connectivity index (χ3v) is 4.37. The van der Waals surface area contributed by atoms with Crippen molar-refractivity contribution in [2.75, 3.05) is 0 Å². The normalized spacial score (nSPS) is 28.6. The maximum Gasteiger partial charge on any atom is 0.0784 e. The number of nitrogens with zero attached hydrogens (tertiary/aromatic N) is 2. The molecule has 3 unspecified atom stereocenters. The van der Waals surface area contributed by atoms with Gasteiger partial charge in [0.05, 0.1) is 17.8 Å². The highest BCUT2D eigenvalue weighted by Crippen LogP contribution is 2.35. The highest BCUT2D eigenvalue weighted by atomic mass is 16.3. The molecule has 3 nitrogen and oxygen atoms in total. The first-order chi connectivity index (χ1) is 8.69. The highest BCUT2D eigenvalue weighted by molar-refractivity contribution is 5.12. The number of aliphatic hydroxyl groups excluding tert-OH is 1. The van der Waals surface area contributed by atoms with Crippen LogP contribution in [0.15, 0.2) is 6.07 Å². The van der Waals surface area contributed by atoms with Gasteiger partial charge in [-0.05, 0) is 44.1 Å². The van der Waals surface area contributed by atoms with Crippen LogP contribution in [0.25, 0.3) is 0 Å². The van der Waals surface area contributed by atoms with E-state index in [1.807, 2.05) is 0 Å². The van der Waals surface area contributed by atoms with Crippen molar-refractivity contribution in [1.82, 2.24) is 9.78 Å². The van der Waals surface area contributed by atoms with E-state index in [-0.39, 0.29) is 12.1 Å². The molecular weight excluding hydrogens is 224 g/mol. The first-order valence-electron chi connectivity index (χ1n) is 7.44. The topological polar surface area (TPSA) is 38.0 Å². The Morgan fingerprint density at radius 1 is 1.28 bits per heavy atom. The third-order valence-electron chi connectivity index (χ3n) is 4.37. The van der Waals surface area contributed by atoms with E-state index in [9.17, 15) is 5.11 Å². The minimum absolute atomic E-state index is 0.193. The van der Waals surface area contributed by atoms with E-state index >= 15 is 0 Å². The van der Waals surface area contributed by atoms with E-state index in [1.165, 1.54) is 12.1 Å². The SMILES string of the molecule is CCc1cc(CC)n(C2CC(CC)CCC2O)n1. The van der Waals surface area contributed by atoms with Crippen LogP contribution in [0.5, 0.6) is 0 Å². The minimum Gasteiger partial charge on any atom is -0.391 e. The Bertz CT molecular complexity index is 386. The summed E-state index contributed by atoms with van der Waals surface area (Å²) in [4.78, 5) is 0. The number of aromatic nitrogens is 2. The van der Waals surface area contributed by atoms with Crippen LogP contribution in [-0.4, -0.2) is 21.0 Å². The average Bonchev–Trinajstić information content (AvgIpc) is 2.82. The molecule has 0 amide bonds. The molecule has 3 atom stereocenters. The lowest BCUT2D eigenvalue weighted by Crippen LogP contribution is -2.33. The zero-order chi connectivity index (χ0) is 13.1. The number of rotatable bonds is 4. The molecule has 1 saturated carbocycles. The summed E-state index contributed by atoms with van der Waals surface area (Å²) in [5.41, 5.74) is 2.42. The molecule has 18 heavy (non-hydrogen) atoms. The zero-order valence-corrected chi connectivity index (χ0v) is 11.9. The summed E-state index contributed by atoms with van der Waals surface area (Å²) in [5, 5.41) is 15.0.